The lowest BCUT2D eigenvalue weighted by molar-refractivity contribution is -0.377. The zero-order chi connectivity index (χ0) is 32.7. The minimum Gasteiger partial charge on any atom is -0.493 e. The van der Waals surface area contributed by atoms with Crippen LogP contribution in [0.25, 0.3) is 0 Å². The number of benzene rings is 2. The lowest BCUT2D eigenvalue weighted by Crippen LogP contribution is -2.31. The van der Waals surface area contributed by atoms with E-state index in [1.807, 2.05) is 0 Å². The summed E-state index contributed by atoms with van der Waals surface area (Å²) < 4.78 is 75.4. The van der Waals surface area contributed by atoms with Gasteiger partial charge in [-0.2, -0.15) is 17.2 Å². The molecule has 0 aliphatic heterocycles. The van der Waals surface area contributed by atoms with E-state index in [0.29, 0.717) is 23.7 Å². The Bertz CT molecular complexity index is 1640. The van der Waals surface area contributed by atoms with E-state index in [2.05, 4.69) is 15.0 Å². The summed E-state index contributed by atoms with van der Waals surface area (Å²) in [4.78, 5) is 28.6. The molecule has 0 saturated heterocycles. The van der Waals surface area contributed by atoms with Gasteiger partial charge in [-0.1, -0.05) is 29.3 Å². The van der Waals surface area contributed by atoms with Crippen molar-refractivity contribution in [1.29, 1.82) is 0 Å². The number of nitrogens with one attached hydrogen (secondary N) is 2. The first-order chi connectivity index (χ1) is 21.3. The van der Waals surface area contributed by atoms with Crippen LogP contribution in [0.2, 0.25) is 10.0 Å². The molecule has 3 aromatic rings. The summed E-state index contributed by atoms with van der Waals surface area (Å²) in [5.41, 5.74) is 0.772. The molecule has 4 rings (SSSR count). The Labute approximate surface area is 267 Å². The average molecular weight is 691 g/mol. The molecule has 45 heavy (non-hydrogen) atoms. The maximum absolute atomic E-state index is 13.1. The Balaban J connectivity index is 1.54. The molecule has 1 atom stereocenters. The van der Waals surface area contributed by atoms with Gasteiger partial charge in [0, 0.05) is 17.5 Å². The molecule has 1 amide bonds. The van der Waals surface area contributed by atoms with Gasteiger partial charge in [-0.3, -0.25) is 9.59 Å². The highest BCUT2D eigenvalue weighted by molar-refractivity contribution is 7.86. The first-order valence-corrected chi connectivity index (χ1v) is 16.0. The minimum absolute atomic E-state index is 0.0200. The minimum atomic E-state index is -3.93. The van der Waals surface area contributed by atoms with E-state index in [1.54, 1.807) is 0 Å². The summed E-state index contributed by atoms with van der Waals surface area (Å²) in [6.07, 6.45) is 4.66. The number of amides is 1. The number of halogens is 4. The van der Waals surface area contributed by atoms with Crippen LogP contribution in [0.4, 0.5) is 8.78 Å². The van der Waals surface area contributed by atoms with E-state index < -0.39 is 41.3 Å². The largest absolute Gasteiger partial charge is 0.493 e. The van der Waals surface area contributed by atoms with Crippen molar-refractivity contribution >= 4 is 45.2 Å². The number of alkyl halides is 2. The second-order valence-corrected chi connectivity index (χ2v) is 12.4. The number of methoxy groups -OCH3 is 1. The molecule has 1 saturated carbocycles. The van der Waals surface area contributed by atoms with Gasteiger partial charge in [-0.05, 0) is 54.7 Å². The van der Waals surface area contributed by atoms with Crippen LogP contribution in [0.3, 0.4) is 0 Å². The SMILES string of the molecule is COc1ccc(C(=O)NCC(=O)O[C@@H](Cc2c(Cl)c[nH+]cc2Cl)c2ccc(OC(F)F)c(OCC3CC3)c2)cc1OS(C)(=O)=O. The maximum atomic E-state index is 13.1. The Morgan fingerprint density at radius 1 is 1.02 bits per heavy atom. The van der Waals surface area contributed by atoms with E-state index in [0.717, 1.165) is 25.2 Å². The fourth-order valence-corrected chi connectivity index (χ4v) is 5.10. The highest BCUT2D eigenvalue weighted by Crippen LogP contribution is 2.38. The van der Waals surface area contributed by atoms with Crippen molar-refractivity contribution in [1.82, 2.24) is 5.32 Å². The molecule has 0 spiro atoms. The molecule has 1 heterocycles. The van der Waals surface area contributed by atoms with Gasteiger partial charge in [-0.15, -0.1) is 0 Å². The van der Waals surface area contributed by atoms with Crippen molar-refractivity contribution in [3.8, 4) is 23.0 Å². The van der Waals surface area contributed by atoms with Gasteiger partial charge >= 0.3 is 22.7 Å². The Morgan fingerprint density at radius 3 is 2.33 bits per heavy atom. The van der Waals surface area contributed by atoms with Gasteiger partial charge in [-0.25, -0.2) is 4.98 Å². The van der Waals surface area contributed by atoms with Crippen LogP contribution < -0.4 is 28.7 Å². The molecule has 16 heteroatoms. The topological polar surface area (TPSA) is 141 Å². The highest BCUT2D eigenvalue weighted by Gasteiger charge is 2.26. The third-order valence-corrected chi connectivity index (χ3v) is 7.60. The number of carbonyl (C=O) groups excluding carboxylic acids is 2. The van der Waals surface area contributed by atoms with Gasteiger partial charge < -0.3 is 28.4 Å². The maximum Gasteiger partial charge on any atom is 0.387 e. The summed E-state index contributed by atoms with van der Waals surface area (Å²) in [5.74, 6) is -1.59. The van der Waals surface area contributed by atoms with Crippen molar-refractivity contribution in [3.63, 3.8) is 0 Å². The normalized spacial score (nSPS) is 13.6. The second-order valence-electron chi connectivity index (χ2n) is 9.99. The predicted octanol–water partition coefficient (Wildman–Crippen LogP) is 4.80. The summed E-state index contributed by atoms with van der Waals surface area (Å²) in [6.45, 7) is -3.38. The van der Waals surface area contributed by atoms with Crippen LogP contribution in [0.5, 0.6) is 23.0 Å². The zero-order valence-electron chi connectivity index (χ0n) is 24.0. The van der Waals surface area contributed by atoms with Crippen LogP contribution in [-0.2, 0) is 26.1 Å². The Hall–Kier alpha value is -3.88. The number of esters is 1. The van der Waals surface area contributed by atoms with Crippen molar-refractivity contribution in [2.24, 2.45) is 5.92 Å². The van der Waals surface area contributed by atoms with Crippen LogP contribution in [0.15, 0.2) is 48.8 Å². The molecule has 1 aliphatic carbocycles. The second kappa shape index (κ2) is 14.9. The number of rotatable bonds is 15. The van der Waals surface area contributed by atoms with Gasteiger partial charge in [0.2, 0.25) is 0 Å². The lowest BCUT2D eigenvalue weighted by atomic mass is 10.0. The third kappa shape index (κ3) is 10.1. The molecule has 1 fully saturated rings. The lowest BCUT2D eigenvalue weighted by Gasteiger charge is -2.21. The molecule has 1 aliphatic rings. The molecular formula is C29H29Cl2F2N2O9S+. The summed E-state index contributed by atoms with van der Waals surface area (Å²) in [5, 5.41) is 2.92. The van der Waals surface area contributed by atoms with E-state index >= 15 is 0 Å². The average Bonchev–Trinajstić information content (AvgIpc) is 3.80. The fourth-order valence-electron chi connectivity index (χ4n) is 4.11. The molecule has 0 unspecified atom stereocenters. The van der Waals surface area contributed by atoms with Gasteiger partial charge in [0.1, 0.15) is 22.7 Å². The van der Waals surface area contributed by atoms with E-state index in [-0.39, 0.29) is 45.0 Å². The van der Waals surface area contributed by atoms with Crippen LogP contribution in [0.1, 0.15) is 40.4 Å². The van der Waals surface area contributed by atoms with Crippen LogP contribution in [-0.4, -0.2) is 53.4 Å². The first kappa shape index (κ1) is 34.0. The Kier molecular flexibility index (Phi) is 11.3. The van der Waals surface area contributed by atoms with Crippen molar-refractivity contribution in [3.05, 3.63) is 75.5 Å². The van der Waals surface area contributed by atoms with Crippen LogP contribution in [0, 0.1) is 5.92 Å². The number of aromatic nitrogens is 1. The number of carbonyl (C=O) groups is 2. The standard InChI is InChI=1S/C29H28Cl2F2N2O9S/c1-40-22-7-6-18(10-26(22)44-45(2,38)39)28(37)35-14-27(36)42-24(11-19-20(30)12-34-13-21(19)31)17-5-8-23(43-29(32)33)25(9-17)41-15-16-3-4-16/h5-10,12-13,16,24,29H,3-4,11,14-15H2,1-2H3,(H,35,37)/p+1/t24-/m0/s1. The predicted molar refractivity (Wildman–Crippen MR) is 158 cm³/mol. The molecule has 1 aromatic heterocycles. The summed E-state index contributed by atoms with van der Waals surface area (Å²) in [7, 11) is -2.63. The zero-order valence-corrected chi connectivity index (χ0v) is 26.3. The smallest absolute Gasteiger partial charge is 0.387 e. The molecule has 0 radical (unpaired) electrons. The third-order valence-electron chi connectivity index (χ3n) is 6.45. The molecule has 2 N–H and O–H groups in total. The highest BCUT2D eigenvalue weighted by atomic mass is 35.5. The van der Waals surface area contributed by atoms with E-state index in [4.69, 9.17) is 41.6 Å². The molecule has 2 aromatic carbocycles. The molecular weight excluding hydrogens is 661 g/mol. The summed E-state index contributed by atoms with van der Waals surface area (Å²) in [6, 6.07) is 7.99. The van der Waals surface area contributed by atoms with E-state index in [9.17, 15) is 26.8 Å². The Morgan fingerprint density at radius 2 is 1.71 bits per heavy atom. The number of aromatic amines is 1. The van der Waals surface area contributed by atoms with Gasteiger partial charge in [0.05, 0.1) is 20.0 Å². The van der Waals surface area contributed by atoms with Crippen molar-refractivity contribution in [2.75, 3.05) is 26.5 Å². The van der Waals surface area contributed by atoms with E-state index in [1.165, 1.54) is 49.8 Å². The number of hydrogen-bond acceptors (Lipinski definition) is 9. The molecule has 0 bridgehead atoms. The van der Waals surface area contributed by atoms with Gasteiger partial charge in [0.25, 0.3) is 5.91 Å². The van der Waals surface area contributed by atoms with Crippen molar-refractivity contribution in [2.45, 2.75) is 32.0 Å². The fraction of sp³-hybridized carbons (Fsp3) is 0.345. The number of ether oxygens (including phenoxy) is 4. The van der Waals surface area contributed by atoms with Gasteiger partial charge in [0.15, 0.2) is 35.4 Å². The van der Waals surface area contributed by atoms with Crippen LogP contribution >= 0.6 is 23.2 Å². The monoisotopic (exact) mass is 689 g/mol. The number of H-pyrrole nitrogens is 1. The first-order valence-electron chi connectivity index (χ1n) is 13.4. The number of pyridine rings is 1. The number of hydrogen-bond donors (Lipinski definition) is 1. The molecule has 11 nitrogen and oxygen atoms in total. The molecule has 242 valence electrons. The quantitative estimate of drug-likeness (QED) is 0.176. The summed E-state index contributed by atoms with van der Waals surface area (Å²) >= 11 is 12.7. The van der Waals surface area contributed by atoms with Crippen molar-refractivity contribution < 1.29 is 54.9 Å².